The van der Waals surface area contributed by atoms with Crippen molar-refractivity contribution in [1.29, 1.82) is 0 Å². The fraction of sp³-hybridized carbons (Fsp3) is 0.533. The Morgan fingerprint density at radius 3 is 2.44 bits per heavy atom. The number of amides is 1. The lowest BCUT2D eigenvalue weighted by Crippen LogP contribution is -2.38. The number of carbonyl (C=O) groups excluding carboxylic acids is 1. The molecule has 1 fully saturated rings. The fourth-order valence-corrected chi connectivity index (χ4v) is 2.47. The average molecular weight is 249 g/mol. The number of rotatable bonds is 3. The molecule has 1 aromatic carbocycles. The van der Waals surface area contributed by atoms with Crippen LogP contribution in [0, 0.1) is 11.7 Å². The Balaban J connectivity index is 1.80. The number of carbonyl (C=O) groups is 1. The minimum absolute atomic E-state index is 0.0427. The minimum atomic E-state index is -0.263. The predicted molar refractivity (Wildman–Crippen MR) is 69.7 cm³/mol. The van der Waals surface area contributed by atoms with E-state index < -0.39 is 0 Å². The van der Waals surface area contributed by atoms with Gasteiger partial charge in [0.2, 0.25) is 5.91 Å². The van der Waals surface area contributed by atoms with E-state index in [2.05, 4.69) is 12.2 Å². The molecule has 3 heteroatoms. The summed E-state index contributed by atoms with van der Waals surface area (Å²) in [6.45, 7) is 2.26. The largest absolute Gasteiger partial charge is 0.353 e. The van der Waals surface area contributed by atoms with Gasteiger partial charge in [-0.15, -0.1) is 0 Å². The molecule has 0 aliphatic heterocycles. The molecule has 0 bridgehead atoms. The molecule has 0 aromatic heterocycles. The summed E-state index contributed by atoms with van der Waals surface area (Å²) in [5, 5.41) is 3.07. The molecule has 0 spiro atoms. The van der Waals surface area contributed by atoms with Crippen LogP contribution in [0.5, 0.6) is 0 Å². The first-order valence-corrected chi connectivity index (χ1v) is 6.67. The van der Waals surface area contributed by atoms with Gasteiger partial charge in [0.05, 0.1) is 6.42 Å². The molecule has 98 valence electrons. The quantitative estimate of drug-likeness (QED) is 0.876. The Morgan fingerprint density at radius 2 is 1.83 bits per heavy atom. The Morgan fingerprint density at radius 1 is 1.22 bits per heavy atom. The monoisotopic (exact) mass is 249 g/mol. The highest BCUT2D eigenvalue weighted by Crippen LogP contribution is 2.23. The van der Waals surface area contributed by atoms with Gasteiger partial charge in [0, 0.05) is 6.04 Å². The smallest absolute Gasteiger partial charge is 0.224 e. The van der Waals surface area contributed by atoms with Crippen LogP contribution in [0.2, 0.25) is 0 Å². The van der Waals surface area contributed by atoms with Crippen LogP contribution in [0.15, 0.2) is 24.3 Å². The molecule has 0 radical (unpaired) electrons. The van der Waals surface area contributed by atoms with Gasteiger partial charge < -0.3 is 5.32 Å². The van der Waals surface area contributed by atoms with Crippen molar-refractivity contribution in [3.63, 3.8) is 0 Å². The van der Waals surface area contributed by atoms with Crippen molar-refractivity contribution in [3.05, 3.63) is 35.6 Å². The molecule has 1 amide bonds. The second-order valence-electron chi connectivity index (χ2n) is 5.33. The third-order valence-electron chi connectivity index (χ3n) is 3.66. The molecule has 0 saturated heterocycles. The number of hydrogen-bond acceptors (Lipinski definition) is 1. The van der Waals surface area contributed by atoms with E-state index in [1.54, 1.807) is 12.1 Å². The van der Waals surface area contributed by atoms with Gasteiger partial charge >= 0.3 is 0 Å². The van der Waals surface area contributed by atoms with Crippen LogP contribution in [0.1, 0.15) is 38.2 Å². The molecule has 1 aliphatic rings. The first-order chi connectivity index (χ1) is 8.63. The number of hydrogen-bond donors (Lipinski definition) is 1. The molecule has 0 unspecified atom stereocenters. The van der Waals surface area contributed by atoms with Crippen LogP contribution in [0.25, 0.3) is 0 Å². The Bertz CT molecular complexity index is 393. The number of halogens is 1. The van der Waals surface area contributed by atoms with E-state index in [4.69, 9.17) is 0 Å². The summed E-state index contributed by atoms with van der Waals surface area (Å²) in [5.41, 5.74) is 0.859. The zero-order valence-electron chi connectivity index (χ0n) is 10.8. The Kier molecular flexibility index (Phi) is 4.34. The topological polar surface area (TPSA) is 29.1 Å². The molecule has 1 aromatic rings. The van der Waals surface area contributed by atoms with Crippen molar-refractivity contribution < 1.29 is 9.18 Å². The lowest BCUT2D eigenvalue weighted by atomic mass is 9.87. The molecular formula is C15H20FNO. The summed E-state index contributed by atoms with van der Waals surface area (Å²) in [6, 6.07) is 6.44. The third kappa shape index (κ3) is 3.83. The van der Waals surface area contributed by atoms with E-state index in [0.29, 0.717) is 12.5 Å². The third-order valence-corrected chi connectivity index (χ3v) is 3.66. The van der Waals surface area contributed by atoms with E-state index in [1.165, 1.54) is 25.0 Å². The van der Waals surface area contributed by atoms with Crippen LogP contribution in [0.4, 0.5) is 4.39 Å². The summed E-state index contributed by atoms with van der Waals surface area (Å²) in [6.07, 6.45) is 4.89. The average Bonchev–Trinajstić information content (AvgIpc) is 2.35. The molecular weight excluding hydrogens is 229 g/mol. The van der Waals surface area contributed by atoms with Crippen molar-refractivity contribution in [1.82, 2.24) is 5.32 Å². The van der Waals surface area contributed by atoms with E-state index in [9.17, 15) is 9.18 Å². The highest BCUT2D eigenvalue weighted by Gasteiger charge is 2.19. The van der Waals surface area contributed by atoms with Gasteiger partial charge in [0.1, 0.15) is 5.82 Å². The summed E-state index contributed by atoms with van der Waals surface area (Å²) in [4.78, 5) is 11.8. The maximum absolute atomic E-state index is 12.7. The van der Waals surface area contributed by atoms with E-state index >= 15 is 0 Å². The van der Waals surface area contributed by atoms with Crippen molar-refractivity contribution >= 4 is 5.91 Å². The van der Waals surface area contributed by atoms with Crippen molar-refractivity contribution in [2.24, 2.45) is 5.92 Å². The minimum Gasteiger partial charge on any atom is -0.353 e. The van der Waals surface area contributed by atoms with Crippen molar-refractivity contribution in [3.8, 4) is 0 Å². The van der Waals surface area contributed by atoms with E-state index in [1.807, 2.05) is 0 Å². The van der Waals surface area contributed by atoms with Crippen molar-refractivity contribution in [2.75, 3.05) is 0 Å². The normalized spacial score (nSPS) is 23.7. The summed E-state index contributed by atoms with van der Waals surface area (Å²) in [7, 11) is 0. The lowest BCUT2D eigenvalue weighted by Gasteiger charge is -2.26. The lowest BCUT2D eigenvalue weighted by molar-refractivity contribution is -0.121. The van der Waals surface area contributed by atoms with Gasteiger partial charge in [0.15, 0.2) is 0 Å². The van der Waals surface area contributed by atoms with Crippen LogP contribution in [0.3, 0.4) is 0 Å². The van der Waals surface area contributed by atoms with Crippen LogP contribution in [-0.2, 0) is 11.2 Å². The Hall–Kier alpha value is -1.38. The zero-order valence-corrected chi connectivity index (χ0v) is 10.8. The van der Waals surface area contributed by atoms with E-state index in [-0.39, 0.29) is 11.7 Å². The summed E-state index contributed by atoms with van der Waals surface area (Å²) in [5.74, 6) is 0.567. The zero-order chi connectivity index (χ0) is 13.0. The first kappa shape index (κ1) is 13.1. The van der Waals surface area contributed by atoms with Gasteiger partial charge in [-0.3, -0.25) is 4.79 Å². The first-order valence-electron chi connectivity index (χ1n) is 6.67. The molecule has 18 heavy (non-hydrogen) atoms. The second-order valence-corrected chi connectivity index (χ2v) is 5.33. The standard InChI is InChI=1S/C15H20FNO/c1-11-2-8-14(9-3-11)17-15(18)10-12-4-6-13(16)7-5-12/h4-7,11,14H,2-3,8-10H2,1H3,(H,17,18). The summed E-state index contributed by atoms with van der Waals surface area (Å²) < 4.78 is 12.7. The fourth-order valence-electron chi connectivity index (χ4n) is 2.47. The highest BCUT2D eigenvalue weighted by atomic mass is 19.1. The maximum Gasteiger partial charge on any atom is 0.224 e. The van der Waals surface area contributed by atoms with Gasteiger partial charge in [-0.2, -0.15) is 0 Å². The maximum atomic E-state index is 12.7. The summed E-state index contributed by atoms with van der Waals surface area (Å²) >= 11 is 0. The Labute approximate surface area is 108 Å². The predicted octanol–water partition coefficient (Wildman–Crippen LogP) is 3.06. The highest BCUT2D eigenvalue weighted by molar-refractivity contribution is 5.78. The van der Waals surface area contributed by atoms with Crippen LogP contribution >= 0.6 is 0 Å². The van der Waals surface area contributed by atoms with Gasteiger partial charge in [-0.25, -0.2) is 4.39 Å². The second kappa shape index (κ2) is 5.98. The molecule has 0 atom stereocenters. The molecule has 1 aliphatic carbocycles. The molecule has 0 heterocycles. The van der Waals surface area contributed by atoms with Crippen LogP contribution in [-0.4, -0.2) is 11.9 Å². The molecule has 2 rings (SSSR count). The number of benzene rings is 1. The van der Waals surface area contributed by atoms with Crippen molar-refractivity contribution in [2.45, 2.75) is 45.1 Å². The number of nitrogens with one attached hydrogen (secondary N) is 1. The molecule has 1 saturated carbocycles. The van der Waals surface area contributed by atoms with Crippen LogP contribution < -0.4 is 5.32 Å². The van der Waals surface area contributed by atoms with Gasteiger partial charge in [-0.1, -0.05) is 19.1 Å². The van der Waals surface area contributed by atoms with E-state index in [0.717, 1.165) is 24.3 Å². The molecule has 1 N–H and O–H groups in total. The SMILES string of the molecule is CC1CCC(NC(=O)Cc2ccc(F)cc2)CC1. The van der Waals surface area contributed by atoms with Gasteiger partial charge in [-0.05, 0) is 49.3 Å². The van der Waals surface area contributed by atoms with Gasteiger partial charge in [0.25, 0.3) is 0 Å². The molecule has 2 nitrogen and oxygen atoms in total.